The SMILES string of the molecule is Cc1nccn1-c1cccc([C@H]2CCCN(c3ncccn3)C2)n1. The third-order valence-electron chi connectivity index (χ3n) is 4.50. The monoisotopic (exact) mass is 320 g/mol. The molecule has 0 aromatic carbocycles. The minimum absolute atomic E-state index is 0.395. The Bertz CT molecular complexity index is 813. The number of aromatic nitrogens is 5. The van der Waals surface area contributed by atoms with Crippen LogP contribution in [0.25, 0.3) is 5.82 Å². The van der Waals surface area contributed by atoms with E-state index in [1.807, 2.05) is 29.8 Å². The molecule has 122 valence electrons. The van der Waals surface area contributed by atoms with Gasteiger partial charge in [0.15, 0.2) is 0 Å². The smallest absolute Gasteiger partial charge is 0.225 e. The van der Waals surface area contributed by atoms with Crippen LogP contribution < -0.4 is 4.90 Å². The number of hydrogen-bond acceptors (Lipinski definition) is 5. The zero-order chi connectivity index (χ0) is 16.4. The quantitative estimate of drug-likeness (QED) is 0.742. The van der Waals surface area contributed by atoms with E-state index in [-0.39, 0.29) is 0 Å². The van der Waals surface area contributed by atoms with Crippen molar-refractivity contribution in [2.75, 3.05) is 18.0 Å². The minimum Gasteiger partial charge on any atom is -0.340 e. The van der Waals surface area contributed by atoms with E-state index in [1.54, 1.807) is 18.6 Å². The lowest BCUT2D eigenvalue weighted by atomic mass is 9.94. The summed E-state index contributed by atoms with van der Waals surface area (Å²) in [4.78, 5) is 20.2. The molecular formula is C18H20N6. The highest BCUT2D eigenvalue weighted by molar-refractivity contribution is 5.33. The topological polar surface area (TPSA) is 59.7 Å². The molecule has 1 saturated heterocycles. The summed E-state index contributed by atoms with van der Waals surface area (Å²) in [5, 5.41) is 0. The van der Waals surface area contributed by atoms with Crippen molar-refractivity contribution >= 4 is 5.95 Å². The lowest BCUT2D eigenvalue weighted by molar-refractivity contribution is 0.495. The number of pyridine rings is 1. The Morgan fingerprint density at radius 1 is 1.04 bits per heavy atom. The summed E-state index contributed by atoms with van der Waals surface area (Å²) in [6.07, 6.45) is 9.62. The fourth-order valence-electron chi connectivity index (χ4n) is 3.28. The van der Waals surface area contributed by atoms with Gasteiger partial charge < -0.3 is 4.90 Å². The molecule has 0 N–H and O–H groups in total. The Kier molecular flexibility index (Phi) is 3.94. The second kappa shape index (κ2) is 6.39. The Morgan fingerprint density at radius 2 is 1.92 bits per heavy atom. The van der Waals surface area contributed by atoms with Gasteiger partial charge in [0.2, 0.25) is 5.95 Å². The van der Waals surface area contributed by atoms with Crippen molar-refractivity contribution < 1.29 is 0 Å². The minimum atomic E-state index is 0.395. The molecule has 1 atom stereocenters. The molecule has 0 bridgehead atoms. The maximum atomic E-state index is 4.88. The van der Waals surface area contributed by atoms with Gasteiger partial charge in [-0.2, -0.15) is 0 Å². The van der Waals surface area contributed by atoms with Crippen molar-refractivity contribution in [2.24, 2.45) is 0 Å². The van der Waals surface area contributed by atoms with Crippen LogP contribution in [0.4, 0.5) is 5.95 Å². The first-order valence-corrected chi connectivity index (χ1v) is 8.30. The van der Waals surface area contributed by atoms with Crippen LogP contribution in [-0.2, 0) is 0 Å². The number of piperidine rings is 1. The number of imidazole rings is 1. The van der Waals surface area contributed by atoms with Crippen molar-refractivity contribution in [3.8, 4) is 5.82 Å². The van der Waals surface area contributed by atoms with E-state index in [0.29, 0.717) is 5.92 Å². The van der Waals surface area contributed by atoms with Gasteiger partial charge in [0.25, 0.3) is 0 Å². The Labute approximate surface area is 141 Å². The van der Waals surface area contributed by atoms with Crippen molar-refractivity contribution in [3.63, 3.8) is 0 Å². The maximum Gasteiger partial charge on any atom is 0.225 e. The third kappa shape index (κ3) is 2.87. The molecule has 4 rings (SSSR count). The highest BCUT2D eigenvalue weighted by Crippen LogP contribution is 2.28. The summed E-state index contributed by atoms with van der Waals surface area (Å²) in [6, 6.07) is 8.08. The van der Waals surface area contributed by atoms with Crippen molar-refractivity contribution in [1.82, 2.24) is 24.5 Å². The van der Waals surface area contributed by atoms with Crippen LogP contribution in [0.3, 0.4) is 0 Å². The van der Waals surface area contributed by atoms with Crippen LogP contribution in [0.2, 0.25) is 0 Å². The first-order valence-electron chi connectivity index (χ1n) is 8.30. The van der Waals surface area contributed by atoms with E-state index < -0.39 is 0 Å². The van der Waals surface area contributed by atoms with Crippen molar-refractivity contribution in [2.45, 2.75) is 25.7 Å². The summed E-state index contributed by atoms with van der Waals surface area (Å²) in [7, 11) is 0. The molecule has 1 aliphatic rings. The predicted molar refractivity (Wildman–Crippen MR) is 92.3 cm³/mol. The van der Waals surface area contributed by atoms with E-state index in [2.05, 4.69) is 32.0 Å². The highest BCUT2D eigenvalue weighted by atomic mass is 15.3. The molecular weight excluding hydrogens is 300 g/mol. The molecule has 0 unspecified atom stereocenters. The van der Waals surface area contributed by atoms with E-state index in [0.717, 1.165) is 49.2 Å². The second-order valence-electron chi connectivity index (χ2n) is 6.10. The molecule has 4 heterocycles. The molecule has 6 nitrogen and oxygen atoms in total. The van der Waals surface area contributed by atoms with E-state index in [4.69, 9.17) is 4.98 Å². The first-order chi connectivity index (χ1) is 11.8. The van der Waals surface area contributed by atoms with Gasteiger partial charge in [-0.3, -0.25) is 4.57 Å². The second-order valence-corrected chi connectivity index (χ2v) is 6.10. The maximum absolute atomic E-state index is 4.88. The lowest BCUT2D eigenvalue weighted by Crippen LogP contribution is -2.35. The molecule has 3 aromatic rings. The van der Waals surface area contributed by atoms with Gasteiger partial charge in [0, 0.05) is 49.5 Å². The number of anilines is 1. The number of aryl methyl sites for hydroxylation is 1. The Balaban J connectivity index is 1.58. The standard InChI is InChI=1S/C18H20N6/c1-14-19-10-12-24(14)17-7-2-6-16(22-17)15-5-3-11-23(13-15)18-20-8-4-9-21-18/h2,4,6-10,12,15H,3,5,11,13H2,1H3/t15-/m0/s1. The third-order valence-corrected chi connectivity index (χ3v) is 4.50. The summed E-state index contributed by atoms with van der Waals surface area (Å²) < 4.78 is 2.02. The van der Waals surface area contributed by atoms with Crippen LogP contribution in [0.1, 0.15) is 30.3 Å². The molecule has 0 aliphatic carbocycles. The molecule has 3 aromatic heterocycles. The normalized spacial score (nSPS) is 17.9. The Hall–Kier alpha value is -2.76. The fourth-order valence-corrected chi connectivity index (χ4v) is 3.28. The van der Waals surface area contributed by atoms with Crippen LogP contribution >= 0.6 is 0 Å². The Morgan fingerprint density at radius 3 is 2.71 bits per heavy atom. The summed E-state index contributed by atoms with van der Waals surface area (Å²) in [5.74, 6) is 3.08. The molecule has 6 heteroatoms. The van der Waals surface area contributed by atoms with Crippen LogP contribution in [0.15, 0.2) is 49.1 Å². The van der Waals surface area contributed by atoms with Gasteiger partial charge in [-0.1, -0.05) is 6.07 Å². The molecule has 0 radical (unpaired) electrons. The highest BCUT2D eigenvalue weighted by Gasteiger charge is 2.24. The zero-order valence-electron chi connectivity index (χ0n) is 13.7. The fraction of sp³-hybridized carbons (Fsp3) is 0.333. The summed E-state index contributed by atoms with van der Waals surface area (Å²) in [6.45, 7) is 3.90. The van der Waals surface area contributed by atoms with Crippen LogP contribution in [-0.4, -0.2) is 37.6 Å². The molecule has 1 fully saturated rings. The van der Waals surface area contributed by atoms with Crippen molar-refractivity contribution in [1.29, 1.82) is 0 Å². The molecule has 0 amide bonds. The molecule has 0 saturated carbocycles. The van der Waals surface area contributed by atoms with E-state index in [9.17, 15) is 0 Å². The van der Waals surface area contributed by atoms with Gasteiger partial charge in [-0.25, -0.2) is 19.9 Å². The van der Waals surface area contributed by atoms with Gasteiger partial charge in [0.05, 0.1) is 0 Å². The number of nitrogens with zero attached hydrogens (tertiary/aromatic N) is 6. The zero-order valence-corrected chi connectivity index (χ0v) is 13.7. The first kappa shape index (κ1) is 14.8. The van der Waals surface area contributed by atoms with Crippen LogP contribution in [0.5, 0.6) is 0 Å². The van der Waals surface area contributed by atoms with Crippen LogP contribution in [0, 0.1) is 6.92 Å². The number of rotatable bonds is 3. The lowest BCUT2D eigenvalue weighted by Gasteiger charge is -2.32. The van der Waals surface area contributed by atoms with Gasteiger partial charge in [-0.05, 0) is 38.0 Å². The van der Waals surface area contributed by atoms with Gasteiger partial charge in [-0.15, -0.1) is 0 Å². The number of hydrogen-bond donors (Lipinski definition) is 0. The average molecular weight is 320 g/mol. The summed E-state index contributed by atoms with van der Waals surface area (Å²) in [5.41, 5.74) is 1.13. The molecule has 1 aliphatic heterocycles. The van der Waals surface area contributed by atoms with Gasteiger partial charge >= 0.3 is 0 Å². The van der Waals surface area contributed by atoms with Gasteiger partial charge in [0.1, 0.15) is 11.6 Å². The van der Waals surface area contributed by atoms with Crippen molar-refractivity contribution in [3.05, 3.63) is 60.6 Å². The van der Waals surface area contributed by atoms with E-state index >= 15 is 0 Å². The molecule has 24 heavy (non-hydrogen) atoms. The average Bonchev–Trinajstić information content (AvgIpc) is 3.09. The predicted octanol–water partition coefficient (Wildman–Crippen LogP) is 2.75. The van der Waals surface area contributed by atoms with E-state index in [1.165, 1.54) is 0 Å². The molecule has 0 spiro atoms. The summed E-state index contributed by atoms with van der Waals surface area (Å²) >= 11 is 0. The largest absolute Gasteiger partial charge is 0.340 e.